The molecule has 3 heterocycles. The number of carbonyl (C=O) groups is 1. The fraction of sp³-hybridized carbons (Fsp3) is 0.333. The summed E-state index contributed by atoms with van der Waals surface area (Å²) in [5.41, 5.74) is 0.197. The Labute approximate surface area is 191 Å². The summed E-state index contributed by atoms with van der Waals surface area (Å²) < 4.78 is 9.68. The topological polar surface area (TPSA) is 99.6 Å². The van der Waals surface area contributed by atoms with E-state index in [9.17, 15) is 14.4 Å². The van der Waals surface area contributed by atoms with Crippen molar-refractivity contribution in [3.8, 4) is 5.75 Å². The Morgan fingerprint density at radius 3 is 2.78 bits per heavy atom. The average molecular weight is 476 g/mol. The molecule has 11 heteroatoms. The van der Waals surface area contributed by atoms with Crippen LogP contribution in [0.2, 0.25) is 5.02 Å². The number of thiophene rings is 1. The lowest BCUT2D eigenvalue weighted by atomic mass is 10.1. The normalized spacial score (nSPS) is 11.5. The molecule has 9 nitrogen and oxygen atoms in total. The third kappa shape index (κ3) is 4.03. The lowest BCUT2D eigenvalue weighted by Crippen LogP contribution is -2.29. The van der Waals surface area contributed by atoms with Crippen LogP contribution in [-0.2, 0) is 17.9 Å². The van der Waals surface area contributed by atoms with Gasteiger partial charge in [0, 0.05) is 11.6 Å². The minimum absolute atomic E-state index is 0.187. The van der Waals surface area contributed by atoms with E-state index in [2.05, 4.69) is 24.3 Å². The van der Waals surface area contributed by atoms with E-state index in [4.69, 9.17) is 16.3 Å². The molecule has 0 radical (unpaired) electrons. The van der Waals surface area contributed by atoms with Crippen molar-refractivity contribution in [1.29, 1.82) is 0 Å². The molecule has 0 spiro atoms. The molecule has 0 aliphatic heterocycles. The average Bonchev–Trinajstić information content (AvgIpc) is 3.33. The zero-order chi connectivity index (χ0) is 23.0. The summed E-state index contributed by atoms with van der Waals surface area (Å²) in [6.07, 6.45) is 0.753. The van der Waals surface area contributed by atoms with E-state index in [0.717, 1.165) is 11.1 Å². The van der Waals surface area contributed by atoms with E-state index in [1.807, 2.05) is 0 Å². The van der Waals surface area contributed by atoms with Crippen LogP contribution in [0.3, 0.4) is 0 Å². The molecule has 168 valence electrons. The van der Waals surface area contributed by atoms with Crippen LogP contribution in [0.4, 0.5) is 5.69 Å². The number of ether oxygens (including phenoxy) is 1. The number of hydrogen-bond donors (Lipinski definition) is 1. The summed E-state index contributed by atoms with van der Waals surface area (Å²) in [6, 6.07) is 6.55. The number of rotatable bonds is 7. The molecular weight excluding hydrogens is 454 g/mol. The van der Waals surface area contributed by atoms with Crippen molar-refractivity contribution >= 4 is 50.5 Å². The third-order valence-electron chi connectivity index (χ3n) is 5.05. The zero-order valence-corrected chi connectivity index (χ0v) is 19.4. The molecular formula is C21H22ClN5O4S. The van der Waals surface area contributed by atoms with Crippen LogP contribution >= 0.6 is 22.9 Å². The first kappa shape index (κ1) is 22.1. The van der Waals surface area contributed by atoms with Crippen molar-refractivity contribution in [3.63, 3.8) is 0 Å². The van der Waals surface area contributed by atoms with Crippen molar-refractivity contribution in [3.05, 3.63) is 55.5 Å². The van der Waals surface area contributed by atoms with E-state index < -0.39 is 11.6 Å². The Morgan fingerprint density at radius 1 is 1.28 bits per heavy atom. The van der Waals surface area contributed by atoms with Gasteiger partial charge in [-0.2, -0.15) is 0 Å². The molecule has 0 saturated heterocycles. The highest BCUT2D eigenvalue weighted by atomic mass is 35.5. The summed E-state index contributed by atoms with van der Waals surface area (Å²) in [5, 5.41) is 9.23. The number of fused-ring (bicyclic) bond motifs is 3. The molecule has 1 N–H and O–H groups in total. The fourth-order valence-electron chi connectivity index (χ4n) is 3.43. The summed E-state index contributed by atoms with van der Waals surface area (Å²) in [4.78, 5) is 38.8. The molecule has 0 saturated carbocycles. The summed E-state index contributed by atoms with van der Waals surface area (Å²) in [7, 11) is 1.48. The number of carbonyl (C=O) groups excluding carboxylic acids is 1. The van der Waals surface area contributed by atoms with Gasteiger partial charge in [-0.3, -0.25) is 14.2 Å². The maximum absolute atomic E-state index is 13.1. The smallest absolute Gasteiger partial charge is 0.352 e. The highest BCUT2D eigenvalue weighted by Crippen LogP contribution is 2.27. The zero-order valence-electron chi connectivity index (χ0n) is 17.8. The van der Waals surface area contributed by atoms with E-state index in [0.29, 0.717) is 39.1 Å². The molecule has 1 amide bonds. The molecule has 4 aromatic rings. The maximum atomic E-state index is 13.1. The van der Waals surface area contributed by atoms with Gasteiger partial charge in [0.05, 0.1) is 18.3 Å². The SMILES string of the molecule is COc1ccc(Cl)cc1NC(=O)Cn1nc2n(CCC(C)C)c(=O)c3sccc3n2c1=O. The van der Waals surface area contributed by atoms with Gasteiger partial charge in [0.2, 0.25) is 11.7 Å². The highest BCUT2D eigenvalue weighted by Gasteiger charge is 2.20. The van der Waals surface area contributed by atoms with Gasteiger partial charge in [0.1, 0.15) is 17.0 Å². The Kier molecular flexibility index (Phi) is 6.07. The van der Waals surface area contributed by atoms with E-state index in [1.54, 1.807) is 29.6 Å². The number of anilines is 1. The Morgan fingerprint density at radius 2 is 2.06 bits per heavy atom. The van der Waals surface area contributed by atoms with Crippen molar-refractivity contribution in [1.82, 2.24) is 18.7 Å². The summed E-state index contributed by atoms with van der Waals surface area (Å²) in [5.74, 6) is 0.550. The second kappa shape index (κ2) is 8.79. The number of hydrogen-bond acceptors (Lipinski definition) is 6. The predicted octanol–water partition coefficient (Wildman–Crippen LogP) is 3.22. The second-order valence-corrected chi connectivity index (χ2v) is 9.10. The number of methoxy groups -OCH3 is 1. The number of aromatic nitrogens is 4. The number of nitrogens with one attached hydrogen (secondary N) is 1. The van der Waals surface area contributed by atoms with E-state index in [-0.39, 0.29) is 17.9 Å². The molecule has 0 unspecified atom stereocenters. The van der Waals surface area contributed by atoms with Crippen LogP contribution in [0.15, 0.2) is 39.2 Å². The standard InChI is InChI=1S/C21H22ClN5O4S/c1-12(2)6-8-25-19(29)18-15(7-9-32-18)27-20(25)24-26(21(27)30)11-17(28)23-14-10-13(22)4-5-16(14)31-3/h4-5,7,9-10,12H,6,8,11H2,1-3H3,(H,23,28). The van der Waals surface area contributed by atoms with Gasteiger partial charge >= 0.3 is 5.69 Å². The van der Waals surface area contributed by atoms with Crippen LogP contribution in [0, 0.1) is 5.92 Å². The number of benzene rings is 1. The molecule has 0 aliphatic rings. The second-order valence-electron chi connectivity index (χ2n) is 7.74. The predicted molar refractivity (Wildman–Crippen MR) is 125 cm³/mol. The van der Waals surface area contributed by atoms with Gasteiger partial charge in [0.15, 0.2) is 0 Å². The van der Waals surface area contributed by atoms with Crippen molar-refractivity contribution in [2.45, 2.75) is 33.4 Å². The van der Waals surface area contributed by atoms with Crippen molar-refractivity contribution < 1.29 is 9.53 Å². The van der Waals surface area contributed by atoms with Gasteiger partial charge in [-0.1, -0.05) is 25.4 Å². The molecule has 0 aliphatic carbocycles. The lowest BCUT2D eigenvalue weighted by Gasteiger charge is -2.10. The molecule has 32 heavy (non-hydrogen) atoms. The minimum atomic E-state index is -0.491. The lowest BCUT2D eigenvalue weighted by molar-refractivity contribution is -0.117. The monoisotopic (exact) mass is 475 g/mol. The van der Waals surface area contributed by atoms with Crippen LogP contribution in [0.1, 0.15) is 20.3 Å². The first-order valence-electron chi connectivity index (χ1n) is 10.0. The van der Waals surface area contributed by atoms with E-state index >= 15 is 0 Å². The van der Waals surface area contributed by atoms with Crippen molar-refractivity contribution in [2.24, 2.45) is 5.92 Å². The number of halogens is 1. The number of nitrogens with zero attached hydrogens (tertiary/aromatic N) is 4. The number of amides is 1. The van der Waals surface area contributed by atoms with E-state index in [1.165, 1.54) is 27.4 Å². The first-order valence-corrected chi connectivity index (χ1v) is 11.3. The summed E-state index contributed by atoms with van der Waals surface area (Å²) in [6.45, 7) is 4.21. The third-order valence-corrected chi connectivity index (χ3v) is 6.17. The molecule has 3 aromatic heterocycles. The molecule has 0 bridgehead atoms. The largest absolute Gasteiger partial charge is 0.495 e. The van der Waals surface area contributed by atoms with Crippen LogP contribution in [-0.4, -0.2) is 31.8 Å². The van der Waals surface area contributed by atoms with Crippen LogP contribution in [0.25, 0.3) is 16.0 Å². The maximum Gasteiger partial charge on any atom is 0.352 e. The van der Waals surface area contributed by atoms with Gasteiger partial charge in [-0.15, -0.1) is 16.4 Å². The molecule has 4 rings (SSSR count). The van der Waals surface area contributed by atoms with Gasteiger partial charge < -0.3 is 10.1 Å². The van der Waals surface area contributed by atoms with Gasteiger partial charge in [-0.05, 0) is 42.0 Å². The van der Waals surface area contributed by atoms with Gasteiger partial charge in [-0.25, -0.2) is 13.9 Å². The van der Waals surface area contributed by atoms with Crippen molar-refractivity contribution in [2.75, 3.05) is 12.4 Å². The molecule has 0 atom stereocenters. The summed E-state index contributed by atoms with van der Waals surface area (Å²) >= 11 is 7.30. The molecule has 0 fully saturated rings. The fourth-order valence-corrected chi connectivity index (χ4v) is 4.43. The quantitative estimate of drug-likeness (QED) is 0.442. The Balaban J connectivity index is 1.74. The Bertz CT molecular complexity index is 1430. The minimum Gasteiger partial charge on any atom is -0.495 e. The number of aryl methyl sites for hydroxylation is 1. The van der Waals surface area contributed by atoms with Crippen LogP contribution < -0.4 is 21.3 Å². The highest BCUT2D eigenvalue weighted by molar-refractivity contribution is 7.17. The van der Waals surface area contributed by atoms with Gasteiger partial charge in [0.25, 0.3) is 5.56 Å². The van der Waals surface area contributed by atoms with Crippen LogP contribution in [0.5, 0.6) is 5.75 Å². The first-order chi connectivity index (χ1) is 15.3. The molecule has 1 aromatic carbocycles. The Hall–Kier alpha value is -3.11.